The molecular formula is C23H18BrN3O3S. The number of fused-ring (bicyclic) bond motifs is 1. The number of carbonyl (C=O) groups is 1. The highest BCUT2D eigenvalue weighted by Crippen LogP contribution is 2.39. The third-order valence-corrected chi connectivity index (χ3v) is 6.53. The molecule has 1 aromatic heterocycles. The first-order chi connectivity index (χ1) is 15.0. The van der Waals surface area contributed by atoms with E-state index >= 15 is 0 Å². The van der Waals surface area contributed by atoms with Gasteiger partial charge in [-0.3, -0.25) is 4.79 Å². The van der Waals surface area contributed by atoms with Crippen LogP contribution in [0.1, 0.15) is 34.4 Å². The summed E-state index contributed by atoms with van der Waals surface area (Å²) in [4.78, 5) is 13.9. The Kier molecular flexibility index (Phi) is 7.36. The van der Waals surface area contributed by atoms with Crippen LogP contribution in [-0.4, -0.2) is 19.6 Å². The van der Waals surface area contributed by atoms with Gasteiger partial charge in [0.15, 0.2) is 11.5 Å². The lowest BCUT2D eigenvalue weighted by atomic mass is 9.96. The molecule has 0 unspecified atom stereocenters. The third-order valence-electron chi connectivity index (χ3n) is 4.74. The molecule has 1 heterocycles. The maximum absolute atomic E-state index is 12.8. The Balaban J connectivity index is 1.89. The van der Waals surface area contributed by atoms with Crippen LogP contribution in [0.2, 0.25) is 0 Å². The average molecular weight is 496 g/mol. The van der Waals surface area contributed by atoms with Gasteiger partial charge in [0, 0.05) is 4.88 Å². The highest BCUT2D eigenvalue weighted by atomic mass is 79.9. The van der Waals surface area contributed by atoms with E-state index in [2.05, 4.69) is 33.2 Å². The van der Waals surface area contributed by atoms with E-state index in [0.717, 1.165) is 36.1 Å². The third kappa shape index (κ3) is 4.91. The summed E-state index contributed by atoms with van der Waals surface area (Å²) in [7, 11) is 1.48. The molecule has 0 saturated carbocycles. The Hall–Kier alpha value is -3.25. The van der Waals surface area contributed by atoms with E-state index in [9.17, 15) is 15.3 Å². The first-order valence-electron chi connectivity index (χ1n) is 9.44. The first kappa shape index (κ1) is 22.4. The van der Waals surface area contributed by atoms with Crippen molar-refractivity contribution in [1.29, 1.82) is 10.5 Å². The van der Waals surface area contributed by atoms with Gasteiger partial charge in [-0.15, -0.1) is 17.8 Å². The van der Waals surface area contributed by atoms with Crippen LogP contribution in [0, 0.1) is 35.0 Å². The molecular weight excluding hydrogens is 478 g/mol. The Morgan fingerprint density at radius 2 is 2.13 bits per heavy atom. The van der Waals surface area contributed by atoms with Gasteiger partial charge in [0.05, 0.1) is 17.1 Å². The van der Waals surface area contributed by atoms with E-state index in [0.29, 0.717) is 32.1 Å². The number of benzene rings is 1. The largest absolute Gasteiger partial charge is 0.493 e. The smallest absolute Gasteiger partial charge is 0.266 e. The number of rotatable bonds is 6. The summed E-state index contributed by atoms with van der Waals surface area (Å²) < 4.78 is 11.4. The summed E-state index contributed by atoms with van der Waals surface area (Å²) in [6.07, 6.45) is 10.6. The van der Waals surface area contributed by atoms with Gasteiger partial charge in [-0.25, -0.2) is 0 Å². The Labute approximate surface area is 193 Å². The number of anilines is 1. The zero-order valence-electron chi connectivity index (χ0n) is 16.8. The van der Waals surface area contributed by atoms with E-state index in [1.54, 1.807) is 12.1 Å². The predicted octanol–water partition coefficient (Wildman–Crippen LogP) is 4.83. The number of hydrogen-bond acceptors (Lipinski definition) is 6. The van der Waals surface area contributed by atoms with Gasteiger partial charge >= 0.3 is 0 Å². The second kappa shape index (κ2) is 10.2. The van der Waals surface area contributed by atoms with Crippen LogP contribution < -0.4 is 14.8 Å². The molecule has 0 spiro atoms. The second-order valence-corrected chi connectivity index (χ2v) is 8.64. The van der Waals surface area contributed by atoms with Crippen LogP contribution in [-0.2, 0) is 17.6 Å². The minimum atomic E-state index is -0.569. The van der Waals surface area contributed by atoms with Crippen LogP contribution in [0.25, 0.3) is 6.08 Å². The van der Waals surface area contributed by atoms with Crippen LogP contribution in [0.3, 0.4) is 0 Å². The maximum Gasteiger partial charge on any atom is 0.266 e. The van der Waals surface area contributed by atoms with E-state index in [1.807, 2.05) is 6.07 Å². The standard InChI is InChI=1S/C23H18BrN3O3S/c1-3-8-30-21-18(24)10-14(11-19(21)29-2)9-15(12-25)22(28)27-23-17(13-26)16-6-4-5-7-20(16)31-23/h1,9-11H,4-8H2,2H3,(H,27,28)/b15-9+. The van der Waals surface area contributed by atoms with Crippen molar-refractivity contribution in [3.05, 3.63) is 43.7 Å². The van der Waals surface area contributed by atoms with Gasteiger partial charge in [-0.1, -0.05) is 5.92 Å². The van der Waals surface area contributed by atoms with E-state index in [1.165, 1.54) is 24.5 Å². The number of amides is 1. The van der Waals surface area contributed by atoms with Crippen molar-refractivity contribution >= 4 is 44.3 Å². The van der Waals surface area contributed by atoms with Gasteiger partial charge in [0.25, 0.3) is 5.91 Å². The van der Waals surface area contributed by atoms with Crippen molar-refractivity contribution in [3.8, 4) is 36.0 Å². The number of halogens is 1. The molecule has 0 fully saturated rings. The Bertz CT molecular complexity index is 1180. The summed E-state index contributed by atoms with van der Waals surface area (Å²) in [5, 5.41) is 22.4. The van der Waals surface area contributed by atoms with E-state index < -0.39 is 5.91 Å². The maximum atomic E-state index is 12.8. The van der Waals surface area contributed by atoms with Crippen LogP contribution in [0.15, 0.2) is 22.2 Å². The fourth-order valence-electron chi connectivity index (χ4n) is 3.33. The van der Waals surface area contributed by atoms with Crippen molar-refractivity contribution in [2.45, 2.75) is 25.7 Å². The van der Waals surface area contributed by atoms with E-state index in [-0.39, 0.29) is 12.2 Å². The zero-order valence-corrected chi connectivity index (χ0v) is 19.2. The summed E-state index contributed by atoms with van der Waals surface area (Å²) in [5.74, 6) is 2.66. The normalized spacial score (nSPS) is 12.7. The summed E-state index contributed by atoms with van der Waals surface area (Å²) in [6, 6.07) is 7.48. The first-order valence-corrected chi connectivity index (χ1v) is 11.0. The number of carbonyl (C=O) groups excluding carboxylic acids is 1. The van der Waals surface area contributed by atoms with E-state index in [4.69, 9.17) is 15.9 Å². The van der Waals surface area contributed by atoms with Crippen LogP contribution in [0.5, 0.6) is 11.5 Å². The lowest BCUT2D eigenvalue weighted by molar-refractivity contribution is -0.112. The number of nitrogens with one attached hydrogen (secondary N) is 1. The summed E-state index contributed by atoms with van der Waals surface area (Å²) in [6.45, 7) is 0.0714. The fourth-order valence-corrected chi connectivity index (χ4v) is 5.14. The Morgan fingerprint density at radius 3 is 2.81 bits per heavy atom. The number of nitriles is 2. The molecule has 6 nitrogen and oxygen atoms in total. The molecule has 8 heteroatoms. The molecule has 1 amide bonds. The molecule has 1 aliphatic carbocycles. The molecule has 3 rings (SSSR count). The molecule has 0 aliphatic heterocycles. The predicted molar refractivity (Wildman–Crippen MR) is 123 cm³/mol. The topological polar surface area (TPSA) is 95.1 Å². The summed E-state index contributed by atoms with van der Waals surface area (Å²) in [5.41, 5.74) is 1.99. The minimum Gasteiger partial charge on any atom is -0.493 e. The van der Waals surface area contributed by atoms with Gasteiger partial charge < -0.3 is 14.8 Å². The number of thiophene rings is 1. The van der Waals surface area contributed by atoms with Crippen molar-refractivity contribution in [2.75, 3.05) is 19.0 Å². The molecule has 0 bridgehead atoms. The molecule has 31 heavy (non-hydrogen) atoms. The van der Waals surface area contributed by atoms with Crippen LogP contribution >= 0.6 is 27.3 Å². The number of hydrogen-bond donors (Lipinski definition) is 1. The number of terminal acetylenes is 1. The van der Waals surface area contributed by atoms with Crippen molar-refractivity contribution in [1.82, 2.24) is 0 Å². The quantitative estimate of drug-likeness (QED) is 0.351. The van der Waals surface area contributed by atoms with Crippen molar-refractivity contribution < 1.29 is 14.3 Å². The highest BCUT2D eigenvalue weighted by Gasteiger charge is 2.23. The zero-order chi connectivity index (χ0) is 22.4. The molecule has 2 aromatic rings. The SMILES string of the molecule is C#CCOc1c(Br)cc(/C=C(\C#N)C(=O)Nc2sc3c(c2C#N)CCCC3)cc1OC. The van der Waals surface area contributed by atoms with Gasteiger partial charge in [0.1, 0.15) is 29.3 Å². The van der Waals surface area contributed by atoms with Gasteiger partial charge in [0.2, 0.25) is 0 Å². The number of nitrogens with zero attached hydrogens (tertiary/aromatic N) is 2. The minimum absolute atomic E-state index is 0.0714. The summed E-state index contributed by atoms with van der Waals surface area (Å²) >= 11 is 4.82. The molecule has 0 atom stereocenters. The molecule has 1 aliphatic rings. The van der Waals surface area contributed by atoms with Gasteiger partial charge in [-0.05, 0) is 70.9 Å². The van der Waals surface area contributed by atoms with Gasteiger partial charge in [-0.2, -0.15) is 10.5 Å². The lowest BCUT2D eigenvalue weighted by Gasteiger charge is -2.12. The molecule has 1 N–H and O–H groups in total. The number of ether oxygens (including phenoxy) is 2. The highest BCUT2D eigenvalue weighted by molar-refractivity contribution is 9.10. The average Bonchev–Trinajstić information content (AvgIpc) is 3.13. The molecule has 1 aromatic carbocycles. The van der Waals surface area contributed by atoms with Crippen LogP contribution in [0.4, 0.5) is 5.00 Å². The second-order valence-electron chi connectivity index (χ2n) is 6.68. The van der Waals surface area contributed by atoms with Crippen molar-refractivity contribution in [2.24, 2.45) is 0 Å². The van der Waals surface area contributed by atoms with Crippen molar-refractivity contribution in [3.63, 3.8) is 0 Å². The monoisotopic (exact) mass is 495 g/mol. The lowest BCUT2D eigenvalue weighted by Crippen LogP contribution is -2.13. The molecule has 0 saturated heterocycles. The molecule has 0 radical (unpaired) electrons. The Morgan fingerprint density at radius 1 is 1.35 bits per heavy atom. The molecule has 156 valence electrons. The number of aryl methyl sites for hydroxylation is 1. The number of methoxy groups -OCH3 is 1. The fraction of sp³-hybridized carbons (Fsp3) is 0.261.